The van der Waals surface area contributed by atoms with E-state index >= 15 is 0 Å². The van der Waals surface area contributed by atoms with Gasteiger partial charge >= 0.3 is 0 Å². The minimum Gasteiger partial charge on any atom is -0.451 e. The van der Waals surface area contributed by atoms with E-state index in [1.807, 2.05) is 22.6 Å². The van der Waals surface area contributed by atoms with Crippen LogP contribution in [0.3, 0.4) is 0 Å². The molecule has 1 heterocycles. The fourth-order valence-electron chi connectivity index (χ4n) is 1.61. The van der Waals surface area contributed by atoms with Crippen molar-refractivity contribution in [2.24, 2.45) is 0 Å². The number of anilines is 1. The molecule has 0 atom stereocenters. The van der Waals surface area contributed by atoms with E-state index in [9.17, 15) is 12.8 Å². The Hall–Kier alpha value is -0.650. The van der Waals surface area contributed by atoms with Crippen molar-refractivity contribution >= 4 is 54.2 Å². The Morgan fingerprint density at radius 3 is 2.71 bits per heavy atom. The van der Waals surface area contributed by atoms with Crippen molar-refractivity contribution in [3.8, 4) is 0 Å². The van der Waals surface area contributed by atoms with E-state index in [1.54, 1.807) is 7.05 Å². The van der Waals surface area contributed by atoms with Gasteiger partial charge in [-0.15, -0.1) is 0 Å². The highest BCUT2D eigenvalue weighted by Crippen LogP contribution is 2.29. The van der Waals surface area contributed by atoms with Crippen molar-refractivity contribution in [2.75, 3.05) is 11.8 Å². The average Bonchev–Trinajstić information content (AvgIpc) is 2.75. The summed E-state index contributed by atoms with van der Waals surface area (Å²) in [5.74, 6) is 0.0571. The van der Waals surface area contributed by atoms with Crippen LogP contribution in [-0.4, -0.2) is 15.5 Å². The van der Waals surface area contributed by atoms with E-state index < -0.39 is 15.8 Å². The fourth-order valence-corrected chi connectivity index (χ4v) is 4.49. The first-order chi connectivity index (χ1) is 9.83. The summed E-state index contributed by atoms with van der Waals surface area (Å²) in [5.41, 5.74) is 0.306. The standard InChI is InChI=1S/C12H11BrFIN2O3S/c1-16-6-8-5-11(12(13)20-8)21(18,19)17-10-3-2-7(14)4-9(10)15/h2-5,16-17H,6H2,1H3. The lowest BCUT2D eigenvalue weighted by Gasteiger charge is -2.08. The molecule has 1 aromatic heterocycles. The summed E-state index contributed by atoms with van der Waals surface area (Å²) >= 11 is 4.95. The molecule has 114 valence electrons. The first-order valence-corrected chi connectivity index (χ1v) is 9.09. The summed E-state index contributed by atoms with van der Waals surface area (Å²) in [6, 6.07) is 5.24. The summed E-state index contributed by atoms with van der Waals surface area (Å²) in [7, 11) is -2.10. The number of sulfonamides is 1. The van der Waals surface area contributed by atoms with Crippen molar-refractivity contribution in [1.82, 2.24) is 5.32 Å². The summed E-state index contributed by atoms with van der Waals surface area (Å²) in [6.45, 7) is 0.405. The second kappa shape index (κ2) is 6.63. The van der Waals surface area contributed by atoms with E-state index in [0.717, 1.165) is 0 Å². The van der Waals surface area contributed by atoms with E-state index in [-0.39, 0.29) is 9.56 Å². The lowest BCUT2D eigenvalue weighted by molar-refractivity contribution is 0.470. The van der Waals surface area contributed by atoms with Gasteiger partial charge in [0.05, 0.1) is 12.2 Å². The first kappa shape index (κ1) is 16.7. The largest absolute Gasteiger partial charge is 0.451 e. The van der Waals surface area contributed by atoms with E-state index in [1.165, 1.54) is 24.3 Å². The van der Waals surface area contributed by atoms with Crippen LogP contribution in [0.2, 0.25) is 0 Å². The lowest BCUT2D eigenvalue weighted by atomic mass is 10.3. The number of furan rings is 1. The number of halogens is 3. The van der Waals surface area contributed by atoms with Crippen LogP contribution >= 0.6 is 38.5 Å². The fraction of sp³-hybridized carbons (Fsp3) is 0.167. The van der Waals surface area contributed by atoms with Gasteiger partial charge in [0.25, 0.3) is 10.0 Å². The van der Waals surface area contributed by atoms with Gasteiger partial charge in [-0.3, -0.25) is 4.72 Å². The summed E-state index contributed by atoms with van der Waals surface area (Å²) < 4.78 is 46.1. The van der Waals surface area contributed by atoms with Gasteiger partial charge in [-0.2, -0.15) is 0 Å². The molecule has 0 amide bonds. The molecule has 0 spiro atoms. The molecule has 1 aromatic carbocycles. The molecule has 0 radical (unpaired) electrons. The van der Waals surface area contributed by atoms with Crippen molar-refractivity contribution in [3.63, 3.8) is 0 Å². The molecule has 2 rings (SSSR count). The van der Waals surface area contributed by atoms with E-state index in [2.05, 4.69) is 26.0 Å². The van der Waals surface area contributed by atoms with Crippen LogP contribution in [0.25, 0.3) is 0 Å². The highest BCUT2D eigenvalue weighted by atomic mass is 127. The quantitative estimate of drug-likeness (QED) is 0.633. The third-order valence-electron chi connectivity index (χ3n) is 2.52. The zero-order valence-electron chi connectivity index (χ0n) is 10.8. The minimum atomic E-state index is -3.82. The maximum atomic E-state index is 13.0. The van der Waals surface area contributed by atoms with Gasteiger partial charge in [0, 0.05) is 9.64 Å². The van der Waals surface area contributed by atoms with E-state index in [0.29, 0.717) is 21.6 Å². The van der Waals surface area contributed by atoms with Crippen LogP contribution in [-0.2, 0) is 16.6 Å². The Labute approximate surface area is 143 Å². The minimum absolute atomic E-state index is 0.00660. The molecule has 2 aromatic rings. The Kier molecular flexibility index (Phi) is 5.28. The van der Waals surface area contributed by atoms with Gasteiger partial charge in [-0.25, -0.2) is 12.8 Å². The van der Waals surface area contributed by atoms with Crippen molar-refractivity contribution in [3.05, 3.63) is 44.1 Å². The molecule has 0 fully saturated rings. The number of hydrogen-bond donors (Lipinski definition) is 2. The van der Waals surface area contributed by atoms with Crippen molar-refractivity contribution in [2.45, 2.75) is 11.4 Å². The van der Waals surface area contributed by atoms with Crippen LogP contribution < -0.4 is 10.0 Å². The van der Waals surface area contributed by atoms with Crippen LogP contribution in [0.1, 0.15) is 5.76 Å². The van der Waals surface area contributed by atoms with Crippen molar-refractivity contribution in [1.29, 1.82) is 0 Å². The van der Waals surface area contributed by atoms with Gasteiger partial charge in [-0.1, -0.05) is 0 Å². The molecule has 0 saturated heterocycles. The predicted molar refractivity (Wildman–Crippen MR) is 89.1 cm³/mol. The SMILES string of the molecule is CNCc1cc(S(=O)(=O)Nc2ccc(F)cc2I)c(Br)o1. The third-order valence-corrected chi connectivity index (χ3v) is 5.64. The number of hydrogen-bond acceptors (Lipinski definition) is 4. The second-order valence-corrected chi connectivity index (χ2v) is 7.64. The lowest BCUT2D eigenvalue weighted by Crippen LogP contribution is -2.13. The van der Waals surface area contributed by atoms with Crippen LogP contribution in [0, 0.1) is 9.39 Å². The maximum Gasteiger partial charge on any atom is 0.266 e. The van der Waals surface area contributed by atoms with Gasteiger partial charge in [0.1, 0.15) is 16.5 Å². The second-order valence-electron chi connectivity index (χ2n) is 4.11. The molecule has 0 aliphatic rings. The van der Waals surface area contributed by atoms with Crippen LogP contribution in [0.4, 0.5) is 10.1 Å². The van der Waals surface area contributed by atoms with Crippen molar-refractivity contribution < 1.29 is 17.2 Å². The molecule has 0 unspecified atom stereocenters. The molecule has 9 heteroatoms. The van der Waals surface area contributed by atoms with Gasteiger partial charge in [0.15, 0.2) is 4.67 Å². The number of benzene rings is 1. The smallest absolute Gasteiger partial charge is 0.266 e. The normalized spacial score (nSPS) is 11.6. The molecular weight excluding hydrogens is 478 g/mol. The molecule has 0 saturated carbocycles. The average molecular weight is 489 g/mol. The molecule has 0 aliphatic heterocycles. The summed E-state index contributed by atoms with van der Waals surface area (Å²) in [4.78, 5) is -0.00660. The molecule has 21 heavy (non-hydrogen) atoms. The molecule has 5 nitrogen and oxygen atoms in total. The predicted octanol–water partition coefficient (Wildman–Crippen LogP) is 3.31. The Bertz CT molecular complexity index is 764. The highest BCUT2D eigenvalue weighted by molar-refractivity contribution is 14.1. The monoisotopic (exact) mass is 488 g/mol. The molecule has 2 N–H and O–H groups in total. The first-order valence-electron chi connectivity index (χ1n) is 5.74. The Morgan fingerprint density at radius 1 is 1.38 bits per heavy atom. The maximum absolute atomic E-state index is 13.0. The topological polar surface area (TPSA) is 71.3 Å². The molecular formula is C12H11BrFIN2O3S. The summed E-state index contributed by atoms with van der Waals surface area (Å²) in [6.07, 6.45) is 0. The van der Waals surface area contributed by atoms with Gasteiger partial charge < -0.3 is 9.73 Å². The molecule has 0 aliphatic carbocycles. The number of nitrogens with one attached hydrogen (secondary N) is 2. The molecule has 0 bridgehead atoms. The summed E-state index contributed by atoms with van der Waals surface area (Å²) in [5, 5.41) is 2.87. The highest BCUT2D eigenvalue weighted by Gasteiger charge is 2.23. The Morgan fingerprint density at radius 2 is 2.10 bits per heavy atom. The Balaban J connectivity index is 2.34. The zero-order chi connectivity index (χ0) is 15.6. The van der Waals surface area contributed by atoms with Gasteiger partial charge in [0.2, 0.25) is 0 Å². The van der Waals surface area contributed by atoms with Gasteiger partial charge in [-0.05, 0) is 63.8 Å². The van der Waals surface area contributed by atoms with Crippen LogP contribution in [0.5, 0.6) is 0 Å². The van der Waals surface area contributed by atoms with E-state index in [4.69, 9.17) is 4.42 Å². The van der Waals surface area contributed by atoms with Crippen LogP contribution in [0.15, 0.2) is 38.2 Å². The number of rotatable bonds is 5. The zero-order valence-corrected chi connectivity index (χ0v) is 15.3. The third kappa shape index (κ3) is 3.96.